The van der Waals surface area contributed by atoms with E-state index in [4.69, 9.17) is 0 Å². The molecule has 2 aliphatic rings. The lowest BCUT2D eigenvalue weighted by molar-refractivity contribution is -0.384. The maximum atomic E-state index is 13.0. The van der Waals surface area contributed by atoms with Crippen LogP contribution in [0.4, 0.5) is 16.2 Å². The summed E-state index contributed by atoms with van der Waals surface area (Å²) in [5.74, 6) is -0.353. The number of thioether (sulfide) groups is 1. The predicted octanol–water partition coefficient (Wildman–Crippen LogP) is 6.16. The van der Waals surface area contributed by atoms with Crippen LogP contribution in [0.25, 0.3) is 11.6 Å². The molecule has 2 amide bonds. The second kappa shape index (κ2) is 8.76. The Kier molecular flexibility index (Phi) is 6.12. The molecule has 0 radical (unpaired) electrons. The number of rotatable bonds is 5. The highest BCUT2D eigenvalue weighted by Crippen LogP contribution is 2.41. The average Bonchev–Trinajstić information content (AvgIpc) is 3.02. The molecule has 0 aromatic heterocycles. The molecule has 2 aromatic rings. The Labute approximate surface area is 203 Å². The summed E-state index contributed by atoms with van der Waals surface area (Å²) in [6.07, 6.45) is 4.05. The summed E-state index contributed by atoms with van der Waals surface area (Å²) in [5.41, 5.74) is 5.97. The molecule has 0 unspecified atom stereocenters. The van der Waals surface area contributed by atoms with Gasteiger partial charge in [0.25, 0.3) is 16.8 Å². The fraction of sp³-hybridized carbons (Fsp3) is 0.308. The summed E-state index contributed by atoms with van der Waals surface area (Å²) in [4.78, 5) is 39.9. The lowest BCUT2D eigenvalue weighted by Crippen LogP contribution is -2.44. The molecule has 7 nitrogen and oxygen atoms in total. The number of nitro benzene ring substituents is 1. The number of hydrogen-bond donors (Lipinski definition) is 0. The Morgan fingerprint density at radius 1 is 1.12 bits per heavy atom. The number of nitro groups is 1. The van der Waals surface area contributed by atoms with Crippen molar-refractivity contribution in [3.05, 3.63) is 79.7 Å². The van der Waals surface area contributed by atoms with E-state index in [1.54, 1.807) is 18.2 Å². The van der Waals surface area contributed by atoms with Crippen LogP contribution in [0.15, 0.2) is 47.4 Å². The van der Waals surface area contributed by atoms with E-state index >= 15 is 0 Å². The van der Waals surface area contributed by atoms with Gasteiger partial charge in [-0.2, -0.15) is 0 Å². The van der Waals surface area contributed by atoms with Crippen LogP contribution in [0.5, 0.6) is 0 Å². The second-order valence-corrected chi connectivity index (χ2v) is 10.1. The molecule has 8 heteroatoms. The van der Waals surface area contributed by atoms with Crippen LogP contribution >= 0.6 is 11.8 Å². The minimum absolute atomic E-state index is 0.0324. The van der Waals surface area contributed by atoms with E-state index in [0.29, 0.717) is 10.5 Å². The molecular weight excluding hydrogens is 450 g/mol. The molecule has 0 spiro atoms. The minimum Gasteiger partial charge on any atom is -0.363 e. The molecule has 0 saturated carbocycles. The fourth-order valence-corrected chi connectivity index (χ4v) is 5.49. The van der Waals surface area contributed by atoms with Crippen LogP contribution in [0.1, 0.15) is 49.9 Å². The molecule has 2 aromatic carbocycles. The summed E-state index contributed by atoms with van der Waals surface area (Å²) in [6.45, 7) is 11.6. The number of amides is 2. The van der Waals surface area contributed by atoms with Gasteiger partial charge in [-0.3, -0.25) is 24.6 Å². The minimum atomic E-state index is -0.481. The number of hydrogen-bond acceptors (Lipinski definition) is 6. The molecule has 2 aliphatic heterocycles. The van der Waals surface area contributed by atoms with Crippen LogP contribution in [0.2, 0.25) is 0 Å². The van der Waals surface area contributed by atoms with Crippen molar-refractivity contribution in [2.24, 2.45) is 0 Å². The molecule has 176 valence electrons. The summed E-state index contributed by atoms with van der Waals surface area (Å²) in [5, 5.41) is 10.5. The van der Waals surface area contributed by atoms with Gasteiger partial charge in [0.15, 0.2) is 0 Å². The van der Waals surface area contributed by atoms with E-state index in [1.165, 1.54) is 28.3 Å². The Hall–Kier alpha value is -3.39. The molecule has 1 saturated heterocycles. The maximum Gasteiger partial charge on any atom is 0.293 e. The number of anilines is 1. The molecule has 1 fully saturated rings. The number of aryl methyl sites for hydroxylation is 1. The van der Waals surface area contributed by atoms with Crippen LogP contribution < -0.4 is 4.90 Å². The lowest BCUT2D eigenvalue weighted by Gasteiger charge is -2.43. The van der Waals surface area contributed by atoms with E-state index in [9.17, 15) is 19.7 Å². The molecule has 34 heavy (non-hydrogen) atoms. The van der Waals surface area contributed by atoms with Gasteiger partial charge in [0, 0.05) is 29.9 Å². The monoisotopic (exact) mass is 477 g/mol. The molecular formula is C26H27N3O4S. The van der Waals surface area contributed by atoms with E-state index in [1.807, 2.05) is 6.92 Å². The van der Waals surface area contributed by atoms with Crippen molar-refractivity contribution < 1.29 is 14.5 Å². The first-order chi connectivity index (χ1) is 16.0. The Bertz CT molecular complexity index is 1260. The third kappa shape index (κ3) is 4.25. The van der Waals surface area contributed by atoms with E-state index in [2.05, 4.69) is 50.8 Å². The van der Waals surface area contributed by atoms with Crippen molar-refractivity contribution >= 4 is 45.9 Å². The number of carbonyl (C=O) groups is 2. The average molecular weight is 478 g/mol. The summed E-state index contributed by atoms with van der Waals surface area (Å²) >= 11 is 0.921. The fourth-order valence-electron chi connectivity index (χ4n) is 4.66. The van der Waals surface area contributed by atoms with Gasteiger partial charge >= 0.3 is 0 Å². The smallest absolute Gasteiger partial charge is 0.293 e. The Balaban J connectivity index is 1.62. The zero-order valence-electron chi connectivity index (χ0n) is 19.9. The van der Waals surface area contributed by atoms with Crippen LogP contribution in [-0.2, 0) is 11.3 Å². The molecule has 0 N–H and O–H groups in total. The number of nitrogens with zero attached hydrogens (tertiary/aromatic N) is 3. The van der Waals surface area contributed by atoms with Gasteiger partial charge in [0.05, 0.1) is 21.9 Å². The second-order valence-electron chi connectivity index (χ2n) is 9.14. The molecule has 0 bridgehead atoms. The number of allylic oxidation sites excluding steroid dienone is 1. The first-order valence-electron chi connectivity index (χ1n) is 11.1. The SMILES string of the molecule is CCN1c2cc(C)c(/C=C3\SC(=O)N(Cc4ccc([N+](=O)[O-])cc4)C3=O)cc2C(C)=CC1(C)C. The van der Waals surface area contributed by atoms with Crippen molar-refractivity contribution in [2.45, 2.75) is 46.7 Å². The van der Waals surface area contributed by atoms with Crippen molar-refractivity contribution in [1.29, 1.82) is 0 Å². The topological polar surface area (TPSA) is 83.8 Å². The van der Waals surface area contributed by atoms with Gasteiger partial charge in [0.1, 0.15) is 0 Å². The third-order valence-corrected chi connectivity index (χ3v) is 7.24. The largest absolute Gasteiger partial charge is 0.363 e. The maximum absolute atomic E-state index is 13.0. The van der Waals surface area contributed by atoms with E-state index in [-0.39, 0.29) is 28.9 Å². The zero-order valence-corrected chi connectivity index (χ0v) is 20.7. The number of carbonyl (C=O) groups excluding carboxylic acids is 2. The summed E-state index contributed by atoms with van der Waals surface area (Å²) in [7, 11) is 0. The zero-order chi connectivity index (χ0) is 24.8. The van der Waals surface area contributed by atoms with Gasteiger partial charge < -0.3 is 4.90 Å². The van der Waals surface area contributed by atoms with Gasteiger partial charge in [-0.25, -0.2) is 0 Å². The van der Waals surface area contributed by atoms with Gasteiger partial charge in [-0.1, -0.05) is 18.2 Å². The van der Waals surface area contributed by atoms with Crippen molar-refractivity contribution in [3.8, 4) is 0 Å². The Morgan fingerprint density at radius 2 is 1.79 bits per heavy atom. The van der Waals surface area contributed by atoms with Gasteiger partial charge in [-0.15, -0.1) is 0 Å². The summed E-state index contributed by atoms with van der Waals surface area (Å²) < 4.78 is 0. The van der Waals surface area contributed by atoms with Crippen molar-refractivity contribution in [2.75, 3.05) is 11.4 Å². The number of imide groups is 1. The summed E-state index contributed by atoms with van der Waals surface area (Å²) in [6, 6.07) is 10.1. The highest BCUT2D eigenvalue weighted by atomic mass is 32.2. The quantitative estimate of drug-likeness (QED) is 0.291. The molecule has 2 heterocycles. The van der Waals surface area contributed by atoms with Crippen molar-refractivity contribution in [1.82, 2.24) is 4.90 Å². The Morgan fingerprint density at radius 3 is 2.41 bits per heavy atom. The number of fused-ring (bicyclic) bond motifs is 1. The highest BCUT2D eigenvalue weighted by Gasteiger charge is 2.36. The third-order valence-electron chi connectivity index (χ3n) is 6.33. The molecule has 4 rings (SSSR count). The predicted molar refractivity (Wildman–Crippen MR) is 137 cm³/mol. The van der Waals surface area contributed by atoms with E-state index in [0.717, 1.165) is 35.0 Å². The first-order valence-corrected chi connectivity index (χ1v) is 11.9. The normalized spacial score (nSPS) is 18.4. The highest BCUT2D eigenvalue weighted by molar-refractivity contribution is 8.18. The molecule has 0 atom stereocenters. The van der Waals surface area contributed by atoms with Gasteiger partial charge in [0.2, 0.25) is 0 Å². The number of benzene rings is 2. The standard InChI is InChI=1S/C26H27N3O4S/c1-6-28-22-11-16(2)19(12-21(22)17(3)14-26(28,4)5)13-23-24(30)27(25(31)34-23)15-18-7-9-20(10-8-18)29(32)33/h7-14H,6,15H2,1-5H3/b23-13-. The number of non-ortho nitro benzene ring substituents is 1. The van der Waals surface area contributed by atoms with Crippen LogP contribution in [0, 0.1) is 17.0 Å². The first kappa shape index (κ1) is 23.8. The van der Waals surface area contributed by atoms with E-state index < -0.39 is 4.92 Å². The van der Waals surface area contributed by atoms with Gasteiger partial charge in [-0.05, 0) is 86.9 Å². The van der Waals surface area contributed by atoms with Crippen LogP contribution in [-0.4, -0.2) is 33.1 Å². The molecule has 0 aliphatic carbocycles. The van der Waals surface area contributed by atoms with Crippen LogP contribution in [0.3, 0.4) is 0 Å². The lowest BCUT2D eigenvalue weighted by atomic mass is 9.87. The number of likely N-dealkylation sites (N-methyl/N-ethyl adjacent to an activating group) is 1. The van der Waals surface area contributed by atoms with Crippen molar-refractivity contribution in [3.63, 3.8) is 0 Å².